The van der Waals surface area contributed by atoms with Crippen LogP contribution in [0.1, 0.15) is 16.8 Å². The molecule has 2 N–H and O–H groups in total. The highest BCUT2D eigenvalue weighted by Gasteiger charge is 2.13. The molecule has 6 nitrogen and oxygen atoms in total. The molecule has 1 aromatic carbocycles. The summed E-state index contributed by atoms with van der Waals surface area (Å²) in [6.45, 7) is 5.34. The van der Waals surface area contributed by atoms with Crippen LogP contribution < -0.4 is 10.6 Å². The van der Waals surface area contributed by atoms with E-state index in [4.69, 9.17) is 4.74 Å². The molecule has 152 valence electrons. The van der Waals surface area contributed by atoms with E-state index in [9.17, 15) is 4.39 Å². The van der Waals surface area contributed by atoms with E-state index in [2.05, 4.69) is 43.7 Å². The third-order valence-electron chi connectivity index (χ3n) is 4.54. The summed E-state index contributed by atoms with van der Waals surface area (Å²) in [6, 6.07) is 11.4. The summed E-state index contributed by atoms with van der Waals surface area (Å²) in [5.41, 5.74) is 2.88. The molecule has 2 heterocycles. The Hall–Kier alpha value is -1.78. The monoisotopic (exact) mass is 499 g/mol. The smallest absolute Gasteiger partial charge is 0.191 e. The predicted octanol–water partition coefficient (Wildman–Crippen LogP) is 2.54. The van der Waals surface area contributed by atoms with Gasteiger partial charge in [0.15, 0.2) is 5.96 Å². The van der Waals surface area contributed by atoms with Crippen molar-refractivity contribution in [2.45, 2.75) is 19.6 Å². The maximum absolute atomic E-state index is 13.7. The third kappa shape index (κ3) is 6.68. The highest BCUT2D eigenvalue weighted by atomic mass is 127. The summed E-state index contributed by atoms with van der Waals surface area (Å²) in [7, 11) is 1.70. The second kappa shape index (κ2) is 11.9. The maximum Gasteiger partial charge on any atom is 0.191 e. The summed E-state index contributed by atoms with van der Waals surface area (Å²) in [5.74, 6) is 0.289. The van der Waals surface area contributed by atoms with Gasteiger partial charge in [-0.1, -0.05) is 24.3 Å². The minimum Gasteiger partial charge on any atom is -0.379 e. The fourth-order valence-electron chi connectivity index (χ4n) is 3.00. The van der Waals surface area contributed by atoms with Gasteiger partial charge in [0.05, 0.1) is 25.5 Å². The summed E-state index contributed by atoms with van der Waals surface area (Å²) >= 11 is 0. The number of rotatable bonds is 6. The van der Waals surface area contributed by atoms with Crippen molar-refractivity contribution in [3.8, 4) is 0 Å². The zero-order valence-corrected chi connectivity index (χ0v) is 18.4. The van der Waals surface area contributed by atoms with E-state index in [-0.39, 0.29) is 36.3 Å². The SMILES string of the molecule is CN=C(NCc1ccccc1CN1CCOCC1)NCc1ncccc1F.I. The topological polar surface area (TPSA) is 61.8 Å². The number of pyridine rings is 1. The Labute approximate surface area is 182 Å². The molecule has 0 bridgehead atoms. The first-order valence-corrected chi connectivity index (χ1v) is 9.17. The second-order valence-corrected chi connectivity index (χ2v) is 6.37. The number of ether oxygens (including phenoxy) is 1. The van der Waals surface area contributed by atoms with Gasteiger partial charge < -0.3 is 15.4 Å². The molecule has 1 aliphatic rings. The van der Waals surface area contributed by atoms with Crippen LogP contribution in [-0.2, 0) is 24.4 Å². The van der Waals surface area contributed by atoms with Crippen molar-refractivity contribution in [1.82, 2.24) is 20.5 Å². The lowest BCUT2D eigenvalue weighted by atomic mass is 10.1. The van der Waals surface area contributed by atoms with Crippen LogP contribution in [0.25, 0.3) is 0 Å². The Bertz CT molecular complexity index is 768. The van der Waals surface area contributed by atoms with Crippen molar-refractivity contribution in [1.29, 1.82) is 0 Å². The average molecular weight is 499 g/mol. The molecule has 1 fully saturated rings. The van der Waals surface area contributed by atoms with Crippen molar-refractivity contribution in [2.24, 2.45) is 4.99 Å². The summed E-state index contributed by atoms with van der Waals surface area (Å²) in [6.07, 6.45) is 1.58. The van der Waals surface area contributed by atoms with Crippen molar-refractivity contribution in [2.75, 3.05) is 33.4 Å². The first-order chi connectivity index (χ1) is 13.3. The molecule has 2 aromatic rings. The Kier molecular flexibility index (Phi) is 9.59. The lowest BCUT2D eigenvalue weighted by Gasteiger charge is -2.27. The molecule has 0 unspecified atom stereocenters. The highest BCUT2D eigenvalue weighted by molar-refractivity contribution is 14.0. The lowest BCUT2D eigenvalue weighted by molar-refractivity contribution is 0.0341. The standard InChI is InChI=1S/C20H26FN5O.HI/c1-22-20(25-14-19-18(21)7-4-8-23-19)24-13-16-5-2-3-6-17(16)15-26-9-11-27-12-10-26;/h2-8H,9-15H2,1H3,(H2,22,24,25);1H. The number of hydrogen-bond donors (Lipinski definition) is 2. The zero-order chi connectivity index (χ0) is 18.9. The van der Waals surface area contributed by atoms with Crippen molar-refractivity contribution >= 4 is 29.9 Å². The van der Waals surface area contributed by atoms with Crippen LogP contribution in [0.2, 0.25) is 0 Å². The molecule has 0 amide bonds. The number of aromatic nitrogens is 1. The maximum atomic E-state index is 13.7. The summed E-state index contributed by atoms with van der Waals surface area (Å²) in [4.78, 5) is 10.7. The van der Waals surface area contributed by atoms with Crippen LogP contribution in [0.4, 0.5) is 4.39 Å². The molecule has 1 aliphatic heterocycles. The van der Waals surface area contributed by atoms with Gasteiger partial charge in [0, 0.05) is 39.4 Å². The van der Waals surface area contributed by atoms with Gasteiger partial charge >= 0.3 is 0 Å². The third-order valence-corrected chi connectivity index (χ3v) is 4.54. The van der Waals surface area contributed by atoms with Crippen LogP contribution >= 0.6 is 24.0 Å². The first-order valence-electron chi connectivity index (χ1n) is 9.17. The normalized spacial score (nSPS) is 15.0. The van der Waals surface area contributed by atoms with E-state index < -0.39 is 0 Å². The Morgan fingerprint density at radius 2 is 1.82 bits per heavy atom. The number of nitrogens with one attached hydrogen (secondary N) is 2. The lowest BCUT2D eigenvalue weighted by Crippen LogP contribution is -2.38. The molecule has 1 saturated heterocycles. The van der Waals surface area contributed by atoms with Gasteiger partial charge in [0.25, 0.3) is 0 Å². The van der Waals surface area contributed by atoms with Gasteiger partial charge in [-0.3, -0.25) is 14.9 Å². The van der Waals surface area contributed by atoms with Crippen LogP contribution in [0.5, 0.6) is 0 Å². The first kappa shape index (κ1) is 22.5. The van der Waals surface area contributed by atoms with Crippen LogP contribution in [0.3, 0.4) is 0 Å². The van der Waals surface area contributed by atoms with Gasteiger partial charge in [-0.2, -0.15) is 0 Å². The minimum atomic E-state index is -0.323. The van der Waals surface area contributed by atoms with E-state index >= 15 is 0 Å². The molecule has 1 aromatic heterocycles. The highest BCUT2D eigenvalue weighted by Crippen LogP contribution is 2.13. The number of morpholine rings is 1. The number of guanidine groups is 1. The molecule has 28 heavy (non-hydrogen) atoms. The summed E-state index contributed by atoms with van der Waals surface area (Å²) < 4.78 is 19.1. The van der Waals surface area contributed by atoms with Crippen LogP contribution in [-0.4, -0.2) is 49.2 Å². The van der Waals surface area contributed by atoms with Gasteiger partial charge in [-0.25, -0.2) is 4.39 Å². The fourth-order valence-corrected chi connectivity index (χ4v) is 3.00. The molecular formula is C20H27FIN5O. The molecular weight excluding hydrogens is 472 g/mol. The van der Waals surface area contributed by atoms with Gasteiger partial charge in [0.2, 0.25) is 0 Å². The molecule has 0 radical (unpaired) electrons. The molecule has 0 atom stereocenters. The number of benzene rings is 1. The van der Waals surface area contributed by atoms with Gasteiger partial charge in [0.1, 0.15) is 5.82 Å². The second-order valence-electron chi connectivity index (χ2n) is 6.37. The van der Waals surface area contributed by atoms with E-state index in [1.807, 2.05) is 6.07 Å². The molecule has 0 aliphatic carbocycles. The fraction of sp³-hybridized carbons (Fsp3) is 0.400. The van der Waals surface area contributed by atoms with E-state index in [1.54, 1.807) is 19.3 Å². The number of aliphatic imine (C=N–C) groups is 1. The van der Waals surface area contributed by atoms with Crippen molar-refractivity contribution < 1.29 is 9.13 Å². The average Bonchev–Trinajstić information content (AvgIpc) is 2.71. The largest absolute Gasteiger partial charge is 0.379 e. The molecule has 3 rings (SSSR count). The molecule has 8 heteroatoms. The van der Waals surface area contributed by atoms with E-state index in [0.717, 1.165) is 32.8 Å². The zero-order valence-electron chi connectivity index (χ0n) is 16.0. The Balaban J connectivity index is 0.00000280. The Morgan fingerprint density at radius 1 is 1.11 bits per heavy atom. The Morgan fingerprint density at radius 3 is 2.54 bits per heavy atom. The number of hydrogen-bond acceptors (Lipinski definition) is 4. The number of halogens is 2. The van der Waals surface area contributed by atoms with Crippen LogP contribution in [0, 0.1) is 5.82 Å². The summed E-state index contributed by atoms with van der Waals surface area (Å²) in [5, 5.41) is 6.41. The van der Waals surface area contributed by atoms with E-state index in [0.29, 0.717) is 18.2 Å². The quantitative estimate of drug-likeness (QED) is 0.364. The van der Waals surface area contributed by atoms with Crippen molar-refractivity contribution in [3.05, 3.63) is 65.2 Å². The van der Waals surface area contributed by atoms with Gasteiger partial charge in [-0.15, -0.1) is 24.0 Å². The molecule has 0 spiro atoms. The van der Waals surface area contributed by atoms with Crippen LogP contribution in [0.15, 0.2) is 47.6 Å². The number of nitrogens with zero attached hydrogens (tertiary/aromatic N) is 3. The molecule has 0 saturated carbocycles. The van der Waals surface area contributed by atoms with Gasteiger partial charge in [-0.05, 0) is 23.3 Å². The van der Waals surface area contributed by atoms with E-state index in [1.165, 1.54) is 17.2 Å². The minimum absolute atomic E-state index is 0. The predicted molar refractivity (Wildman–Crippen MR) is 119 cm³/mol. The van der Waals surface area contributed by atoms with Crippen molar-refractivity contribution in [3.63, 3.8) is 0 Å².